The van der Waals surface area contributed by atoms with Crippen LogP contribution >= 0.6 is 12.2 Å². The molecule has 0 aromatic carbocycles. The number of aromatic nitrogens is 2. The minimum atomic E-state index is -2.87. The highest BCUT2D eigenvalue weighted by atomic mass is 32.2. The average Bonchev–Trinajstić information content (AvgIpc) is 2.70. The normalized spacial score (nSPS) is 20.8. The van der Waals surface area contributed by atoms with E-state index in [-0.39, 0.29) is 22.4 Å². The van der Waals surface area contributed by atoms with Gasteiger partial charge in [0, 0.05) is 6.54 Å². The SMILES string of the molecule is Cc1nnc(NCC2CCS(=O)(=O)C2)c(C(N)=S)c1C. The lowest BCUT2D eigenvalue weighted by Crippen LogP contribution is -2.21. The first-order chi connectivity index (χ1) is 9.30. The van der Waals surface area contributed by atoms with Crippen LogP contribution in [0, 0.1) is 19.8 Å². The van der Waals surface area contributed by atoms with E-state index in [1.54, 1.807) is 0 Å². The molecule has 2 rings (SSSR count). The highest BCUT2D eigenvalue weighted by Gasteiger charge is 2.28. The van der Waals surface area contributed by atoms with Gasteiger partial charge in [-0.1, -0.05) is 12.2 Å². The monoisotopic (exact) mass is 314 g/mol. The number of nitrogens with two attached hydrogens (primary N) is 1. The van der Waals surface area contributed by atoms with Crippen molar-refractivity contribution >= 4 is 32.9 Å². The van der Waals surface area contributed by atoms with Crippen LogP contribution in [-0.4, -0.2) is 41.7 Å². The van der Waals surface area contributed by atoms with Crippen LogP contribution in [0.15, 0.2) is 0 Å². The summed E-state index contributed by atoms with van der Waals surface area (Å²) in [5, 5.41) is 11.3. The molecular formula is C12H18N4O2S2. The molecule has 1 aromatic rings. The van der Waals surface area contributed by atoms with Crippen LogP contribution in [0.5, 0.6) is 0 Å². The van der Waals surface area contributed by atoms with E-state index in [0.29, 0.717) is 24.3 Å². The van der Waals surface area contributed by atoms with Crippen molar-refractivity contribution in [3.05, 3.63) is 16.8 Å². The van der Waals surface area contributed by atoms with Gasteiger partial charge in [-0.3, -0.25) is 0 Å². The van der Waals surface area contributed by atoms with E-state index in [1.807, 2.05) is 13.8 Å². The Bertz CT molecular complexity index is 643. The molecule has 110 valence electrons. The van der Waals surface area contributed by atoms with E-state index in [0.717, 1.165) is 11.3 Å². The van der Waals surface area contributed by atoms with Gasteiger partial charge in [-0.25, -0.2) is 8.42 Å². The van der Waals surface area contributed by atoms with Gasteiger partial charge >= 0.3 is 0 Å². The van der Waals surface area contributed by atoms with Gasteiger partial charge in [0.2, 0.25) is 0 Å². The second kappa shape index (κ2) is 5.61. The van der Waals surface area contributed by atoms with Crippen LogP contribution in [0.3, 0.4) is 0 Å². The van der Waals surface area contributed by atoms with Gasteiger partial charge in [0.05, 0.1) is 22.8 Å². The van der Waals surface area contributed by atoms with E-state index in [1.165, 1.54) is 0 Å². The molecule has 1 fully saturated rings. The quantitative estimate of drug-likeness (QED) is 0.784. The fourth-order valence-electron chi connectivity index (χ4n) is 2.31. The Kier molecular flexibility index (Phi) is 4.24. The molecule has 8 heteroatoms. The number of hydrogen-bond donors (Lipinski definition) is 2. The second-order valence-electron chi connectivity index (χ2n) is 5.15. The van der Waals surface area contributed by atoms with Crippen molar-refractivity contribution < 1.29 is 8.42 Å². The molecule has 0 radical (unpaired) electrons. The molecule has 1 aliphatic heterocycles. The van der Waals surface area contributed by atoms with Crippen LogP contribution in [0.2, 0.25) is 0 Å². The van der Waals surface area contributed by atoms with E-state index in [4.69, 9.17) is 18.0 Å². The number of aryl methyl sites for hydroxylation is 1. The summed E-state index contributed by atoms with van der Waals surface area (Å²) < 4.78 is 22.9. The molecule has 3 N–H and O–H groups in total. The lowest BCUT2D eigenvalue weighted by molar-refractivity contribution is 0.595. The van der Waals surface area contributed by atoms with Gasteiger partial charge < -0.3 is 11.1 Å². The molecule has 1 atom stereocenters. The minimum absolute atomic E-state index is 0.0996. The van der Waals surface area contributed by atoms with Crippen LogP contribution < -0.4 is 11.1 Å². The van der Waals surface area contributed by atoms with Crippen LogP contribution in [-0.2, 0) is 9.84 Å². The first-order valence-corrected chi connectivity index (χ1v) is 8.61. The maximum absolute atomic E-state index is 11.4. The number of rotatable bonds is 4. The largest absolute Gasteiger partial charge is 0.389 e. The first-order valence-electron chi connectivity index (χ1n) is 6.38. The Morgan fingerprint density at radius 1 is 1.45 bits per heavy atom. The summed E-state index contributed by atoms with van der Waals surface area (Å²) in [4.78, 5) is 0.266. The molecule has 1 aliphatic rings. The van der Waals surface area contributed by atoms with Crippen molar-refractivity contribution in [2.45, 2.75) is 20.3 Å². The second-order valence-corrected chi connectivity index (χ2v) is 7.82. The third-order valence-corrected chi connectivity index (χ3v) is 5.63. The van der Waals surface area contributed by atoms with Gasteiger partial charge in [-0.2, -0.15) is 5.10 Å². The Morgan fingerprint density at radius 3 is 2.70 bits per heavy atom. The molecule has 0 saturated carbocycles. The lowest BCUT2D eigenvalue weighted by Gasteiger charge is -2.15. The van der Waals surface area contributed by atoms with E-state index < -0.39 is 9.84 Å². The van der Waals surface area contributed by atoms with Gasteiger partial charge in [0.1, 0.15) is 4.99 Å². The van der Waals surface area contributed by atoms with Crippen molar-refractivity contribution in [1.29, 1.82) is 0 Å². The Hall–Kier alpha value is -1.28. The predicted molar refractivity (Wildman–Crippen MR) is 82.6 cm³/mol. The zero-order chi connectivity index (χ0) is 14.9. The number of hydrogen-bond acceptors (Lipinski definition) is 6. The molecule has 1 unspecified atom stereocenters. The van der Waals surface area contributed by atoms with Crippen molar-refractivity contribution in [3.63, 3.8) is 0 Å². The molecule has 2 heterocycles. The van der Waals surface area contributed by atoms with Crippen molar-refractivity contribution in [2.75, 3.05) is 23.4 Å². The smallest absolute Gasteiger partial charge is 0.159 e. The zero-order valence-corrected chi connectivity index (χ0v) is 13.1. The summed E-state index contributed by atoms with van der Waals surface area (Å²) in [6.45, 7) is 4.27. The van der Waals surface area contributed by atoms with Crippen LogP contribution in [0.25, 0.3) is 0 Å². The standard InChI is InChI=1S/C12H18N4O2S2/c1-7-8(2)15-16-12(10(7)11(13)19)14-5-9-3-4-20(17,18)6-9/h9H,3-6H2,1-2H3,(H2,13,19)(H,14,16). The fourth-order valence-corrected chi connectivity index (χ4v) is 4.42. The molecule has 0 spiro atoms. The van der Waals surface area contributed by atoms with Gasteiger partial charge in [0.25, 0.3) is 0 Å². The molecule has 0 aliphatic carbocycles. The summed E-state index contributed by atoms with van der Waals surface area (Å²) in [5.41, 5.74) is 8.10. The third-order valence-electron chi connectivity index (χ3n) is 3.59. The maximum atomic E-state index is 11.4. The van der Waals surface area contributed by atoms with E-state index in [2.05, 4.69) is 15.5 Å². The number of nitrogens with one attached hydrogen (secondary N) is 1. The molecule has 1 aromatic heterocycles. The number of nitrogens with zero attached hydrogens (tertiary/aromatic N) is 2. The van der Waals surface area contributed by atoms with Gasteiger partial charge in [0.15, 0.2) is 15.7 Å². The van der Waals surface area contributed by atoms with Crippen molar-refractivity contribution in [1.82, 2.24) is 10.2 Å². The Balaban J connectivity index is 2.14. The average molecular weight is 314 g/mol. The summed E-state index contributed by atoms with van der Waals surface area (Å²) >= 11 is 5.06. The topological polar surface area (TPSA) is 98.0 Å². The zero-order valence-electron chi connectivity index (χ0n) is 11.5. The minimum Gasteiger partial charge on any atom is -0.389 e. The lowest BCUT2D eigenvalue weighted by atomic mass is 10.1. The predicted octanol–water partition coefficient (Wildman–Crippen LogP) is 0.574. The van der Waals surface area contributed by atoms with Crippen molar-refractivity contribution in [2.24, 2.45) is 11.7 Å². The van der Waals surface area contributed by atoms with Gasteiger partial charge in [-0.15, -0.1) is 5.10 Å². The van der Waals surface area contributed by atoms with Crippen molar-refractivity contribution in [3.8, 4) is 0 Å². The molecule has 20 heavy (non-hydrogen) atoms. The Morgan fingerprint density at radius 2 is 2.15 bits per heavy atom. The van der Waals surface area contributed by atoms with Gasteiger partial charge in [-0.05, 0) is 31.7 Å². The fraction of sp³-hybridized carbons (Fsp3) is 0.583. The van der Waals surface area contributed by atoms with E-state index >= 15 is 0 Å². The maximum Gasteiger partial charge on any atom is 0.159 e. The molecule has 6 nitrogen and oxygen atoms in total. The summed E-state index contributed by atoms with van der Waals surface area (Å²) in [6.07, 6.45) is 0.677. The summed E-state index contributed by atoms with van der Waals surface area (Å²) in [7, 11) is -2.87. The third kappa shape index (κ3) is 3.24. The number of sulfone groups is 1. The summed E-state index contributed by atoms with van der Waals surface area (Å²) in [5.74, 6) is 1.12. The summed E-state index contributed by atoms with van der Waals surface area (Å²) in [6, 6.07) is 0. The molecular weight excluding hydrogens is 296 g/mol. The van der Waals surface area contributed by atoms with E-state index in [9.17, 15) is 8.42 Å². The molecule has 0 bridgehead atoms. The van der Waals surface area contributed by atoms with Crippen LogP contribution in [0.1, 0.15) is 23.2 Å². The molecule has 0 amide bonds. The number of anilines is 1. The van der Waals surface area contributed by atoms with Crippen LogP contribution in [0.4, 0.5) is 5.82 Å². The molecule has 1 saturated heterocycles. The Labute approximate surface area is 124 Å². The highest BCUT2D eigenvalue weighted by molar-refractivity contribution is 7.91. The first kappa shape index (κ1) is 15.1. The number of thiocarbonyl (C=S) groups is 1. The highest BCUT2D eigenvalue weighted by Crippen LogP contribution is 2.22.